The molecular weight excluding hydrogens is 391 g/mol. The lowest BCUT2D eigenvalue weighted by Crippen LogP contribution is -2.15. The monoisotopic (exact) mass is 412 g/mol. The first kappa shape index (κ1) is 20.6. The summed E-state index contributed by atoms with van der Waals surface area (Å²) in [6, 6.07) is 13.6. The van der Waals surface area contributed by atoms with Crippen molar-refractivity contribution in [3.63, 3.8) is 0 Å². The summed E-state index contributed by atoms with van der Waals surface area (Å²) in [4.78, 5) is 12.4. The quantitative estimate of drug-likeness (QED) is 0.417. The number of halogens is 1. The molecule has 0 saturated carbocycles. The molecule has 1 aromatic heterocycles. The number of amides is 1. The fraction of sp³-hybridized carbons (Fsp3) is 0.190. The van der Waals surface area contributed by atoms with Crippen LogP contribution < -0.4 is 10.1 Å². The molecule has 3 rings (SSSR count). The largest absolute Gasteiger partial charge is 0.492 e. The van der Waals surface area contributed by atoms with Crippen molar-refractivity contribution in [1.82, 2.24) is 14.8 Å². The number of benzene rings is 2. The third kappa shape index (κ3) is 5.03. The molecule has 8 heteroatoms. The van der Waals surface area contributed by atoms with E-state index in [1.165, 1.54) is 17.8 Å². The van der Waals surface area contributed by atoms with Gasteiger partial charge in [-0.3, -0.25) is 9.36 Å². The minimum absolute atomic E-state index is 0.118. The molecule has 1 heterocycles. The van der Waals surface area contributed by atoms with Crippen molar-refractivity contribution in [1.29, 1.82) is 0 Å². The summed E-state index contributed by atoms with van der Waals surface area (Å²) >= 11 is 1.22. The third-order valence-electron chi connectivity index (χ3n) is 3.94. The summed E-state index contributed by atoms with van der Waals surface area (Å²) < 4.78 is 21.4. The van der Waals surface area contributed by atoms with Crippen LogP contribution in [0.25, 0.3) is 11.4 Å². The van der Waals surface area contributed by atoms with Gasteiger partial charge in [0.25, 0.3) is 0 Å². The van der Waals surface area contributed by atoms with E-state index in [1.807, 2.05) is 19.1 Å². The number of hydrogen-bond acceptors (Lipinski definition) is 5. The van der Waals surface area contributed by atoms with Crippen LogP contribution in [0.4, 0.5) is 10.1 Å². The number of carbonyl (C=O) groups is 1. The number of hydrogen-bond donors (Lipinski definition) is 1. The Balaban J connectivity index is 1.73. The topological polar surface area (TPSA) is 69.0 Å². The summed E-state index contributed by atoms with van der Waals surface area (Å²) in [5, 5.41) is 11.6. The highest BCUT2D eigenvalue weighted by molar-refractivity contribution is 7.99. The van der Waals surface area contributed by atoms with Crippen LogP contribution in [0.5, 0.6) is 5.75 Å². The minimum atomic E-state index is -0.382. The molecule has 6 nitrogen and oxygen atoms in total. The molecule has 2 aromatic carbocycles. The highest BCUT2D eigenvalue weighted by Gasteiger charge is 2.17. The maximum atomic E-state index is 14.2. The van der Waals surface area contributed by atoms with Crippen LogP contribution in [-0.4, -0.2) is 33.0 Å². The van der Waals surface area contributed by atoms with Crippen molar-refractivity contribution in [3.05, 3.63) is 67.0 Å². The van der Waals surface area contributed by atoms with Crippen LogP contribution in [0.2, 0.25) is 0 Å². The normalized spacial score (nSPS) is 10.6. The van der Waals surface area contributed by atoms with E-state index in [0.29, 0.717) is 41.1 Å². The maximum absolute atomic E-state index is 14.2. The van der Waals surface area contributed by atoms with E-state index >= 15 is 0 Å². The lowest BCUT2D eigenvalue weighted by atomic mass is 10.2. The zero-order valence-corrected chi connectivity index (χ0v) is 16.8. The van der Waals surface area contributed by atoms with E-state index in [4.69, 9.17) is 4.74 Å². The molecule has 0 unspecified atom stereocenters. The second-order valence-corrected chi connectivity index (χ2v) is 6.89. The van der Waals surface area contributed by atoms with Crippen molar-refractivity contribution in [3.8, 4) is 17.1 Å². The third-order valence-corrected chi connectivity index (χ3v) is 4.90. The number of nitrogens with zero attached hydrogens (tertiary/aromatic N) is 3. The predicted octanol–water partition coefficient (Wildman–Crippen LogP) is 4.40. The van der Waals surface area contributed by atoms with Gasteiger partial charge in [-0.15, -0.1) is 16.8 Å². The lowest BCUT2D eigenvalue weighted by Gasteiger charge is -2.11. The van der Waals surface area contributed by atoms with Crippen molar-refractivity contribution >= 4 is 23.4 Å². The predicted molar refractivity (Wildman–Crippen MR) is 113 cm³/mol. The minimum Gasteiger partial charge on any atom is -0.492 e. The van der Waals surface area contributed by atoms with E-state index in [9.17, 15) is 9.18 Å². The van der Waals surface area contributed by atoms with Crippen LogP contribution in [0.1, 0.15) is 6.92 Å². The molecule has 0 fully saturated rings. The number of ether oxygens (including phenoxy) is 1. The van der Waals surface area contributed by atoms with Crippen molar-refractivity contribution < 1.29 is 13.9 Å². The number of carbonyl (C=O) groups excluding carboxylic acids is 1. The van der Waals surface area contributed by atoms with E-state index in [-0.39, 0.29) is 17.5 Å². The Hall–Kier alpha value is -3.13. The Morgan fingerprint density at radius 1 is 1.24 bits per heavy atom. The number of para-hydroxylation sites is 2. The van der Waals surface area contributed by atoms with Crippen molar-refractivity contribution in [2.45, 2.75) is 18.6 Å². The molecule has 0 bridgehead atoms. The number of allylic oxidation sites excluding steroid dienone is 1. The van der Waals surface area contributed by atoms with E-state index in [0.717, 1.165) is 0 Å². The number of aromatic nitrogens is 3. The first-order valence-corrected chi connectivity index (χ1v) is 10.1. The summed E-state index contributed by atoms with van der Waals surface area (Å²) in [7, 11) is 0. The molecular formula is C21H21FN4O2S. The summed E-state index contributed by atoms with van der Waals surface area (Å²) in [6.45, 7) is 6.52. The number of nitrogens with one attached hydrogen (secondary N) is 1. The van der Waals surface area contributed by atoms with Gasteiger partial charge in [0.05, 0.1) is 23.6 Å². The Bertz CT molecular complexity index is 1010. The van der Waals surface area contributed by atoms with Gasteiger partial charge in [0.15, 0.2) is 11.0 Å². The Kier molecular flexibility index (Phi) is 7.02. The first-order valence-electron chi connectivity index (χ1n) is 9.07. The number of rotatable bonds is 9. The fourth-order valence-electron chi connectivity index (χ4n) is 2.70. The summed E-state index contributed by atoms with van der Waals surface area (Å²) in [5.74, 6) is 0.542. The standard InChI is InChI=1S/C21H21FN4O2S/c1-3-13-26-20(15-9-5-6-10-16(15)22)24-25-21(26)29-14-19(27)23-17-11-7-8-12-18(17)28-4-2/h3,5-12H,1,4,13-14H2,2H3,(H,23,27). The van der Waals surface area contributed by atoms with Gasteiger partial charge in [0, 0.05) is 6.54 Å². The van der Waals surface area contributed by atoms with Gasteiger partial charge in [-0.1, -0.05) is 42.1 Å². The highest BCUT2D eigenvalue weighted by atomic mass is 32.2. The Morgan fingerprint density at radius 3 is 2.76 bits per heavy atom. The molecule has 0 aliphatic heterocycles. The van der Waals surface area contributed by atoms with Gasteiger partial charge in [0.1, 0.15) is 11.6 Å². The van der Waals surface area contributed by atoms with Crippen LogP contribution in [0.15, 0.2) is 66.3 Å². The average molecular weight is 412 g/mol. The van der Waals surface area contributed by atoms with E-state index in [1.54, 1.807) is 41.0 Å². The van der Waals surface area contributed by atoms with Gasteiger partial charge < -0.3 is 10.1 Å². The van der Waals surface area contributed by atoms with Crippen molar-refractivity contribution in [2.75, 3.05) is 17.7 Å². The van der Waals surface area contributed by atoms with Crippen molar-refractivity contribution in [2.24, 2.45) is 0 Å². The highest BCUT2D eigenvalue weighted by Crippen LogP contribution is 2.27. The zero-order chi connectivity index (χ0) is 20.6. The molecule has 1 amide bonds. The van der Waals surface area contributed by atoms with Crippen LogP contribution in [-0.2, 0) is 11.3 Å². The van der Waals surface area contributed by atoms with Gasteiger partial charge in [-0.25, -0.2) is 4.39 Å². The number of anilines is 1. The smallest absolute Gasteiger partial charge is 0.234 e. The lowest BCUT2D eigenvalue weighted by molar-refractivity contribution is -0.113. The molecule has 0 spiro atoms. The second kappa shape index (κ2) is 9.88. The SMILES string of the molecule is C=CCn1c(SCC(=O)Nc2ccccc2OCC)nnc1-c1ccccc1F. The molecule has 0 atom stereocenters. The summed E-state index contributed by atoms with van der Waals surface area (Å²) in [5.41, 5.74) is 0.961. The van der Waals surface area contributed by atoms with E-state index in [2.05, 4.69) is 22.1 Å². The van der Waals surface area contributed by atoms with Gasteiger partial charge in [-0.05, 0) is 31.2 Å². The average Bonchev–Trinajstić information content (AvgIpc) is 3.11. The number of thioether (sulfide) groups is 1. The molecule has 3 aromatic rings. The molecule has 0 aliphatic rings. The molecule has 0 saturated heterocycles. The van der Waals surface area contributed by atoms with Crippen LogP contribution >= 0.6 is 11.8 Å². The molecule has 0 aliphatic carbocycles. The van der Waals surface area contributed by atoms with Gasteiger partial charge in [-0.2, -0.15) is 0 Å². The van der Waals surface area contributed by atoms with Gasteiger partial charge in [0.2, 0.25) is 5.91 Å². The first-order chi connectivity index (χ1) is 14.1. The van der Waals surface area contributed by atoms with Gasteiger partial charge >= 0.3 is 0 Å². The maximum Gasteiger partial charge on any atom is 0.234 e. The zero-order valence-electron chi connectivity index (χ0n) is 16.0. The van der Waals surface area contributed by atoms with E-state index < -0.39 is 0 Å². The van der Waals surface area contributed by atoms with Crippen LogP contribution in [0, 0.1) is 5.82 Å². The molecule has 29 heavy (non-hydrogen) atoms. The fourth-order valence-corrected chi connectivity index (χ4v) is 3.45. The molecule has 0 radical (unpaired) electrons. The summed E-state index contributed by atoms with van der Waals surface area (Å²) in [6.07, 6.45) is 1.68. The second-order valence-electron chi connectivity index (χ2n) is 5.95. The Morgan fingerprint density at radius 2 is 2.00 bits per heavy atom. The van der Waals surface area contributed by atoms with Crippen LogP contribution in [0.3, 0.4) is 0 Å². The Labute approximate surface area is 172 Å². The molecule has 1 N–H and O–H groups in total. The molecule has 150 valence electrons.